The highest BCUT2D eigenvalue weighted by Gasteiger charge is 2.24. The number of ether oxygens (including phenoxy) is 2. The van der Waals surface area contributed by atoms with Crippen molar-refractivity contribution in [1.82, 2.24) is 10.2 Å². The van der Waals surface area contributed by atoms with Crippen LogP contribution in [0.5, 0.6) is 11.5 Å². The molecule has 0 aliphatic carbocycles. The van der Waals surface area contributed by atoms with Gasteiger partial charge in [0.2, 0.25) is 0 Å². The molecule has 3 rings (SSSR count). The van der Waals surface area contributed by atoms with Gasteiger partial charge < -0.3 is 19.7 Å². The zero-order valence-corrected chi connectivity index (χ0v) is 15.6. The molecule has 1 unspecified atom stereocenters. The summed E-state index contributed by atoms with van der Waals surface area (Å²) >= 11 is 0. The van der Waals surface area contributed by atoms with E-state index in [9.17, 15) is 0 Å². The lowest BCUT2D eigenvalue weighted by Gasteiger charge is -2.29. The lowest BCUT2D eigenvalue weighted by molar-refractivity contribution is 0.261. The quantitative estimate of drug-likeness (QED) is 0.876. The molecule has 0 aromatic heterocycles. The minimum absolute atomic E-state index is 0.162. The number of nitrogens with zero attached hydrogens (tertiary/aromatic N) is 1. The standard InChI is InChI=1S/C21H28N2O2/c1-15-5-8-20(24-4)19(13-15)21-18-7-6-17(25-12-11-23(2)3)14-16(18)9-10-22-21/h5-8,13-14,21-22H,9-12H2,1-4H3. The van der Waals surface area contributed by atoms with Crippen LogP contribution in [-0.2, 0) is 6.42 Å². The zero-order valence-electron chi connectivity index (χ0n) is 15.6. The van der Waals surface area contributed by atoms with Crippen molar-refractivity contribution in [2.45, 2.75) is 19.4 Å². The highest BCUT2D eigenvalue weighted by atomic mass is 16.5. The summed E-state index contributed by atoms with van der Waals surface area (Å²) in [6.07, 6.45) is 1.02. The van der Waals surface area contributed by atoms with E-state index in [2.05, 4.69) is 67.6 Å². The lowest BCUT2D eigenvalue weighted by Crippen LogP contribution is -2.31. The van der Waals surface area contributed by atoms with E-state index in [1.165, 1.54) is 22.3 Å². The molecular formula is C21H28N2O2. The molecule has 0 saturated heterocycles. The maximum absolute atomic E-state index is 5.90. The van der Waals surface area contributed by atoms with E-state index in [0.717, 1.165) is 31.0 Å². The Balaban J connectivity index is 1.86. The second-order valence-electron chi connectivity index (χ2n) is 6.89. The number of fused-ring (bicyclic) bond motifs is 1. The van der Waals surface area contributed by atoms with Gasteiger partial charge in [0.1, 0.15) is 18.1 Å². The Morgan fingerprint density at radius 1 is 1.12 bits per heavy atom. The molecule has 0 saturated carbocycles. The van der Waals surface area contributed by atoms with E-state index in [0.29, 0.717) is 6.61 Å². The Morgan fingerprint density at radius 2 is 1.96 bits per heavy atom. The smallest absolute Gasteiger partial charge is 0.123 e. The SMILES string of the molecule is COc1ccc(C)cc1C1NCCc2cc(OCCN(C)C)ccc21. The number of nitrogens with one attached hydrogen (secondary N) is 1. The first-order chi connectivity index (χ1) is 12.1. The molecule has 0 spiro atoms. The van der Waals surface area contributed by atoms with Gasteiger partial charge in [0.15, 0.2) is 0 Å². The summed E-state index contributed by atoms with van der Waals surface area (Å²) in [7, 11) is 5.85. The highest BCUT2D eigenvalue weighted by molar-refractivity contribution is 5.48. The molecule has 1 aliphatic rings. The normalized spacial score (nSPS) is 16.6. The van der Waals surface area contributed by atoms with Crippen molar-refractivity contribution < 1.29 is 9.47 Å². The van der Waals surface area contributed by atoms with E-state index in [1.807, 2.05) is 0 Å². The van der Waals surface area contributed by atoms with Gasteiger partial charge in [-0.25, -0.2) is 0 Å². The van der Waals surface area contributed by atoms with Crippen molar-refractivity contribution in [2.75, 3.05) is 40.9 Å². The molecule has 2 aromatic carbocycles. The number of hydrogen-bond donors (Lipinski definition) is 1. The molecule has 1 aliphatic heterocycles. The van der Waals surface area contributed by atoms with E-state index in [4.69, 9.17) is 9.47 Å². The summed E-state index contributed by atoms with van der Waals surface area (Å²) in [6, 6.07) is 13.0. The van der Waals surface area contributed by atoms with Crippen LogP contribution in [0.3, 0.4) is 0 Å². The molecule has 134 valence electrons. The molecule has 1 atom stereocenters. The summed E-state index contributed by atoms with van der Waals surface area (Å²) < 4.78 is 11.5. The Morgan fingerprint density at radius 3 is 2.72 bits per heavy atom. The van der Waals surface area contributed by atoms with E-state index >= 15 is 0 Å². The number of aryl methyl sites for hydroxylation is 1. The van der Waals surface area contributed by atoms with E-state index in [1.54, 1.807) is 7.11 Å². The molecule has 0 bridgehead atoms. The first-order valence-corrected chi connectivity index (χ1v) is 8.87. The van der Waals surface area contributed by atoms with Crippen LogP contribution in [0.15, 0.2) is 36.4 Å². The Bertz CT molecular complexity index is 728. The lowest BCUT2D eigenvalue weighted by atomic mass is 9.88. The largest absolute Gasteiger partial charge is 0.496 e. The van der Waals surface area contributed by atoms with Crippen LogP contribution in [0, 0.1) is 6.92 Å². The third-order valence-electron chi connectivity index (χ3n) is 4.67. The zero-order chi connectivity index (χ0) is 17.8. The second kappa shape index (κ2) is 7.89. The van der Waals surface area contributed by atoms with E-state index < -0.39 is 0 Å². The molecule has 25 heavy (non-hydrogen) atoms. The fourth-order valence-corrected chi connectivity index (χ4v) is 3.33. The third-order valence-corrected chi connectivity index (χ3v) is 4.67. The first kappa shape index (κ1) is 17.8. The average Bonchev–Trinajstić information content (AvgIpc) is 2.60. The number of benzene rings is 2. The van der Waals surface area contributed by atoms with Crippen LogP contribution in [0.2, 0.25) is 0 Å². The molecular weight excluding hydrogens is 312 g/mol. The van der Waals surface area contributed by atoms with Crippen LogP contribution in [-0.4, -0.2) is 45.8 Å². The number of methoxy groups -OCH3 is 1. The molecule has 1 heterocycles. The van der Waals surface area contributed by atoms with Crippen molar-refractivity contribution >= 4 is 0 Å². The minimum Gasteiger partial charge on any atom is -0.496 e. The topological polar surface area (TPSA) is 33.7 Å². The van der Waals surface area contributed by atoms with Gasteiger partial charge in [-0.1, -0.05) is 23.8 Å². The third kappa shape index (κ3) is 4.14. The Kier molecular flexibility index (Phi) is 5.61. The van der Waals surface area contributed by atoms with Gasteiger partial charge >= 0.3 is 0 Å². The summed E-state index contributed by atoms with van der Waals surface area (Å²) in [5.41, 5.74) is 5.11. The molecule has 4 nitrogen and oxygen atoms in total. The highest BCUT2D eigenvalue weighted by Crippen LogP contribution is 2.35. The van der Waals surface area contributed by atoms with Gasteiger partial charge in [0, 0.05) is 18.7 Å². The van der Waals surface area contributed by atoms with Crippen LogP contribution in [0.4, 0.5) is 0 Å². The van der Waals surface area contributed by atoms with Crippen molar-refractivity contribution in [3.63, 3.8) is 0 Å². The summed E-state index contributed by atoms with van der Waals surface area (Å²) in [5.74, 6) is 1.89. The molecule has 0 amide bonds. The van der Waals surface area contributed by atoms with E-state index in [-0.39, 0.29) is 6.04 Å². The number of rotatable bonds is 6. The summed E-state index contributed by atoms with van der Waals surface area (Å²) in [4.78, 5) is 2.13. The monoisotopic (exact) mass is 340 g/mol. The van der Waals surface area contributed by atoms with Crippen molar-refractivity contribution in [1.29, 1.82) is 0 Å². The maximum atomic E-state index is 5.90. The number of likely N-dealkylation sites (N-methyl/N-ethyl adjacent to an activating group) is 1. The van der Waals surface area contributed by atoms with Gasteiger partial charge in [0.05, 0.1) is 13.2 Å². The minimum atomic E-state index is 0.162. The average molecular weight is 340 g/mol. The van der Waals surface area contributed by atoms with Crippen molar-refractivity contribution in [2.24, 2.45) is 0 Å². The van der Waals surface area contributed by atoms with Gasteiger partial charge in [0.25, 0.3) is 0 Å². The van der Waals surface area contributed by atoms with Crippen molar-refractivity contribution in [3.05, 3.63) is 58.7 Å². The predicted octanol–water partition coefficient (Wildman–Crippen LogP) is 3.18. The second-order valence-corrected chi connectivity index (χ2v) is 6.89. The van der Waals surface area contributed by atoms with Gasteiger partial charge in [-0.3, -0.25) is 0 Å². The maximum Gasteiger partial charge on any atom is 0.123 e. The summed E-state index contributed by atoms with van der Waals surface area (Å²) in [5, 5.41) is 3.64. The summed E-state index contributed by atoms with van der Waals surface area (Å²) in [6.45, 7) is 4.70. The van der Waals surface area contributed by atoms with Crippen LogP contribution in [0.25, 0.3) is 0 Å². The van der Waals surface area contributed by atoms with Gasteiger partial charge in [-0.2, -0.15) is 0 Å². The fraction of sp³-hybridized carbons (Fsp3) is 0.429. The van der Waals surface area contributed by atoms with Crippen molar-refractivity contribution in [3.8, 4) is 11.5 Å². The van der Waals surface area contributed by atoms with Gasteiger partial charge in [-0.05, 0) is 56.8 Å². The fourth-order valence-electron chi connectivity index (χ4n) is 3.33. The Hall–Kier alpha value is -2.04. The predicted molar refractivity (Wildman–Crippen MR) is 102 cm³/mol. The molecule has 1 N–H and O–H groups in total. The molecule has 0 fully saturated rings. The Labute approximate surface area is 150 Å². The van der Waals surface area contributed by atoms with Crippen LogP contribution < -0.4 is 14.8 Å². The number of hydrogen-bond acceptors (Lipinski definition) is 4. The molecule has 2 aromatic rings. The van der Waals surface area contributed by atoms with Crippen LogP contribution in [0.1, 0.15) is 28.3 Å². The molecule has 0 radical (unpaired) electrons. The molecule has 4 heteroatoms. The van der Waals surface area contributed by atoms with Crippen LogP contribution >= 0.6 is 0 Å². The van der Waals surface area contributed by atoms with Gasteiger partial charge in [-0.15, -0.1) is 0 Å². The first-order valence-electron chi connectivity index (χ1n) is 8.87.